The molecule has 0 bridgehead atoms. The van der Waals surface area contributed by atoms with Gasteiger partial charge in [0.2, 0.25) is 10.0 Å². The van der Waals surface area contributed by atoms with Gasteiger partial charge in [-0.05, 0) is 31.2 Å². The topological polar surface area (TPSA) is 95.6 Å². The van der Waals surface area contributed by atoms with Crippen molar-refractivity contribution in [3.05, 3.63) is 24.0 Å². The maximum atomic E-state index is 13.8. The van der Waals surface area contributed by atoms with Crippen molar-refractivity contribution in [3.8, 4) is 0 Å². The molecule has 1 aliphatic heterocycles. The molecule has 1 fully saturated rings. The predicted octanol–water partition coefficient (Wildman–Crippen LogP) is 0.646. The van der Waals surface area contributed by atoms with Gasteiger partial charge in [0.25, 0.3) is 0 Å². The summed E-state index contributed by atoms with van der Waals surface area (Å²) in [6.07, 6.45) is 1.51. The van der Waals surface area contributed by atoms with Crippen LogP contribution in [-0.2, 0) is 19.9 Å². The summed E-state index contributed by atoms with van der Waals surface area (Å²) in [6, 6.07) is 2.80. The summed E-state index contributed by atoms with van der Waals surface area (Å²) < 4.78 is 63.3. The van der Waals surface area contributed by atoms with Crippen molar-refractivity contribution < 1.29 is 21.2 Å². The van der Waals surface area contributed by atoms with Crippen LogP contribution in [0.4, 0.5) is 4.39 Å². The van der Waals surface area contributed by atoms with Crippen LogP contribution in [0.15, 0.2) is 28.0 Å². The van der Waals surface area contributed by atoms with Gasteiger partial charge in [-0.15, -0.1) is 24.8 Å². The van der Waals surface area contributed by atoms with Crippen LogP contribution in [0.1, 0.15) is 6.42 Å². The van der Waals surface area contributed by atoms with Crippen LogP contribution in [0.5, 0.6) is 0 Å². The summed E-state index contributed by atoms with van der Waals surface area (Å²) in [5, 5.41) is 3.24. The van der Waals surface area contributed by atoms with E-state index in [0.29, 0.717) is 6.42 Å². The number of nitrogens with zero attached hydrogens (tertiary/aromatic N) is 1. The fraction of sp³-hybridized carbons (Fsp3) is 0.571. The normalized spacial score (nSPS) is 15.8. The third-order valence-corrected chi connectivity index (χ3v) is 6.35. The molecule has 26 heavy (non-hydrogen) atoms. The molecule has 152 valence electrons. The monoisotopic (exact) mass is 451 g/mol. The Balaban J connectivity index is 0.00000312. The molecular formula is C14H24Cl2FN3O4S2. The molecular weight excluding hydrogens is 428 g/mol. The van der Waals surface area contributed by atoms with Gasteiger partial charge in [0.05, 0.1) is 4.90 Å². The second-order valence-corrected chi connectivity index (χ2v) is 9.46. The van der Waals surface area contributed by atoms with Gasteiger partial charge in [-0.2, -0.15) is 0 Å². The van der Waals surface area contributed by atoms with Gasteiger partial charge in [-0.1, -0.05) is 0 Å². The fourth-order valence-corrected chi connectivity index (χ4v) is 4.29. The van der Waals surface area contributed by atoms with Gasteiger partial charge in [0.15, 0.2) is 9.84 Å². The SMILES string of the molecule is CS(=O)(=O)c1ccc(S(=O)(=O)NCCCN2CCNCC2)cc1F.Cl.Cl. The van der Waals surface area contributed by atoms with Crippen molar-refractivity contribution in [3.63, 3.8) is 0 Å². The Hall–Kier alpha value is -0.490. The number of sulfone groups is 1. The molecule has 0 unspecified atom stereocenters. The Morgan fingerprint density at radius 2 is 1.77 bits per heavy atom. The van der Waals surface area contributed by atoms with Crippen LogP contribution in [0.2, 0.25) is 0 Å². The zero-order valence-corrected chi connectivity index (χ0v) is 17.5. The molecule has 0 aromatic heterocycles. The molecule has 0 amide bonds. The average Bonchev–Trinajstić information content (AvgIpc) is 2.51. The van der Waals surface area contributed by atoms with E-state index in [-0.39, 0.29) is 36.3 Å². The molecule has 2 N–H and O–H groups in total. The van der Waals surface area contributed by atoms with Gasteiger partial charge < -0.3 is 10.2 Å². The zero-order chi connectivity index (χ0) is 17.8. The van der Waals surface area contributed by atoms with Crippen LogP contribution in [0.3, 0.4) is 0 Å². The minimum Gasteiger partial charge on any atom is -0.314 e. The van der Waals surface area contributed by atoms with E-state index in [9.17, 15) is 21.2 Å². The van der Waals surface area contributed by atoms with Crippen molar-refractivity contribution in [1.29, 1.82) is 0 Å². The first-order valence-corrected chi connectivity index (χ1v) is 11.0. The quantitative estimate of drug-likeness (QED) is 0.590. The van der Waals surface area contributed by atoms with E-state index in [0.717, 1.165) is 57.2 Å². The third kappa shape index (κ3) is 7.26. The maximum absolute atomic E-state index is 13.8. The highest BCUT2D eigenvalue weighted by molar-refractivity contribution is 7.90. The van der Waals surface area contributed by atoms with E-state index >= 15 is 0 Å². The van der Waals surface area contributed by atoms with E-state index in [4.69, 9.17) is 0 Å². The Kier molecular flexibility index (Phi) is 10.5. The second-order valence-electron chi connectivity index (χ2n) is 5.71. The largest absolute Gasteiger partial charge is 0.314 e. The highest BCUT2D eigenvalue weighted by Gasteiger charge is 2.19. The fourth-order valence-electron chi connectivity index (χ4n) is 2.48. The van der Waals surface area contributed by atoms with Gasteiger partial charge in [-0.25, -0.2) is 25.9 Å². The van der Waals surface area contributed by atoms with Crippen molar-refractivity contribution in [2.75, 3.05) is 45.5 Å². The van der Waals surface area contributed by atoms with E-state index in [1.165, 1.54) is 0 Å². The molecule has 2 rings (SSSR count). The number of benzene rings is 1. The summed E-state index contributed by atoms with van der Waals surface area (Å²) >= 11 is 0. The minimum atomic E-state index is -3.86. The Bertz CT molecular complexity index is 785. The van der Waals surface area contributed by atoms with Crippen LogP contribution in [-0.4, -0.2) is 67.3 Å². The molecule has 1 aromatic carbocycles. The maximum Gasteiger partial charge on any atom is 0.240 e. The van der Waals surface area contributed by atoms with Crippen molar-refractivity contribution >= 4 is 44.7 Å². The second kappa shape index (κ2) is 10.7. The lowest BCUT2D eigenvalue weighted by molar-refractivity contribution is 0.239. The summed E-state index contributed by atoms with van der Waals surface area (Å²) in [6.45, 7) is 4.75. The number of sulfonamides is 1. The molecule has 0 spiro atoms. The summed E-state index contributed by atoms with van der Waals surface area (Å²) in [4.78, 5) is 1.44. The lowest BCUT2D eigenvalue weighted by atomic mass is 10.3. The van der Waals surface area contributed by atoms with Gasteiger partial charge >= 0.3 is 0 Å². The van der Waals surface area contributed by atoms with Crippen LogP contribution in [0, 0.1) is 5.82 Å². The first-order chi connectivity index (χ1) is 11.2. The number of piperazine rings is 1. The number of halogens is 3. The number of hydrogen-bond acceptors (Lipinski definition) is 6. The summed E-state index contributed by atoms with van der Waals surface area (Å²) in [5.41, 5.74) is 0. The molecule has 1 saturated heterocycles. The van der Waals surface area contributed by atoms with E-state index in [1.807, 2.05) is 0 Å². The molecule has 0 radical (unpaired) electrons. The lowest BCUT2D eigenvalue weighted by Crippen LogP contribution is -2.44. The van der Waals surface area contributed by atoms with Gasteiger partial charge in [-0.3, -0.25) is 0 Å². The van der Waals surface area contributed by atoms with Crippen molar-refractivity contribution in [2.24, 2.45) is 0 Å². The smallest absolute Gasteiger partial charge is 0.240 e. The van der Waals surface area contributed by atoms with Crippen LogP contribution < -0.4 is 10.0 Å². The van der Waals surface area contributed by atoms with Crippen molar-refractivity contribution in [2.45, 2.75) is 16.2 Å². The molecule has 1 aliphatic rings. The van der Waals surface area contributed by atoms with E-state index < -0.39 is 30.6 Å². The molecule has 7 nitrogen and oxygen atoms in total. The van der Waals surface area contributed by atoms with E-state index in [1.54, 1.807) is 0 Å². The first-order valence-electron chi connectivity index (χ1n) is 7.62. The standard InChI is InChI=1S/C14H22FN3O4S2.2ClH/c1-23(19,20)14-4-3-12(11-13(14)15)24(21,22)17-5-2-8-18-9-6-16-7-10-18;;/h3-4,11,16-17H,2,5-10H2,1H3;2*1H. The molecule has 0 aliphatic carbocycles. The van der Waals surface area contributed by atoms with E-state index in [2.05, 4.69) is 14.9 Å². The Morgan fingerprint density at radius 1 is 1.15 bits per heavy atom. The molecule has 1 aromatic rings. The lowest BCUT2D eigenvalue weighted by Gasteiger charge is -2.27. The first kappa shape index (κ1) is 25.5. The Labute approximate surface area is 166 Å². The molecule has 0 saturated carbocycles. The van der Waals surface area contributed by atoms with Crippen LogP contribution >= 0.6 is 24.8 Å². The molecule has 12 heteroatoms. The summed E-state index contributed by atoms with van der Waals surface area (Å²) in [7, 11) is -7.59. The number of rotatable bonds is 7. The Morgan fingerprint density at radius 3 is 2.31 bits per heavy atom. The van der Waals surface area contributed by atoms with Crippen molar-refractivity contribution in [1.82, 2.24) is 14.9 Å². The highest BCUT2D eigenvalue weighted by atomic mass is 35.5. The zero-order valence-electron chi connectivity index (χ0n) is 14.3. The number of hydrogen-bond donors (Lipinski definition) is 2. The van der Waals surface area contributed by atoms with Gasteiger partial charge in [0, 0.05) is 39.0 Å². The predicted molar refractivity (Wildman–Crippen MR) is 103 cm³/mol. The average molecular weight is 452 g/mol. The minimum absolute atomic E-state index is 0. The molecule has 0 atom stereocenters. The number of nitrogens with one attached hydrogen (secondary N) is 2. The third-order valence-electron chi connectivity index (χ3n) is 3.77. The summed E-state index contributed by atoms with van der Waals surface area (Å²) in [5.74, 6) is -1.07. The highest BCUT2D eigenvalue weighted by Crippen LogP contribution is 2.18. The van der Waals surface area contributed by atoms with Crippen LogP contribution in [0.25, 0.3) is 0 Å². The van der Waals surface area contributed by atoms with Gasteiger partial charge in [0.1, 0.15) is 10.7 Å². The molecule has 1 heterocycles.